The van der Waals surface area contributed by atoms with Crippen LogP contribution in [0.15, 0.2) is 18.2 Å². The molecule has 2 amide bonds. The van der Waals surface area contributed by atoms with Crippen LogP contribution in [0.1, 0.15) is 115 Å². The summed E-state index contributed by atoms with van der Waals surface area (Å²) in [7, 11) is -3.79. The van der Waals surface area contributed by atoms with E-state index in [2.05, 4.69) is 20.7 Å². The molecule has 4 N–H and O–H groups in total. The first-order chi connectivity index (χ1) is 22.0. The number of amides is 2. The molecular weight excluding hydrogens is 612 g/mol. The zero-order valence-electron chi connectivity index (χ0n) is 27.4. The minimum atomic E-state index is -3.79. The van der Waals surface area contributed by atoms with Crippen LogP contribution in [-0.2, 0) is 19.6 Å². The highest BCUT2D eigenvalue weighted by Gasteiger charge is 2.42. The van der Waals surface area contributed by atoms with Gasteiger partial charge in [0.15, 0.2) is 0 Å². The molecule has 0 spiro atoms. The van der Waals surface area contributed by atoms with E-state index in [1.54, 1.807) is 4.90 Å². The average molecular weight is 666 g/mol. The fourth-order valence-electron chi connectivity index (χ4n) is 7.59. The van der Waals surface area contributed by atoms with Gasteiger partial charge in [0.05, 0.1) is 30.4 Å². The van der Waals surface area contributed by atoms with Crippen molar-refractivity contribution in [2.24, 2.45) is 11.8 Å². The van der Waals surface area contributed by atoms with Crippen LogP contribution in [0, 0.1) is 23.5 Å². The Balaban J connectivity index is 1.31. The van der Waals surface area contributed by atoms with Crippen molar-refractivity contribution >= 4 is 21.8 Å². The molecule has 4 fully saturated rings. The lowest BCUT2D eigenvalue weighted by atomic mass is 9.81. The summed E-state index contributed by atoms with van der Waals surface area (Å²) in [4.78, 5) is 28.9. The van der Waals surface area contributed by atoms with E-state index >= 15 is 4.39 Å². The third kappa shape index (κ3) is 9.48. The highest BCUT2D eigenvalue weighted by atomic mass is 32.2. The number of nitrogens with zero attached hydrogens (tertiary/aromatic N) is 1. The molecule has 2 saturated carbocycles. The largest absolute Gasteiger partial charge is 0.349 e. The standard InChI is InChI=1S/C34H53F2N5O4S/c1-22-10-8-9-18-41(22)30(42)21-29(40-46(44,45)19-17-24-13-14-24)34(43)37-23(2)33-38-31(25-11-6-4-3-5-7-12-25)32(39-33)27-16-15-26(35)20-28(27)36/h15-16,20,22-25,29,31-33,38-40H,3-14,17-19,21H2,1-2H3,(H,37,43)/t22-,23-,29-,31?,32?,33?/m0/s1. The minimum absolute atomic E-state index is 0.0382. The summed E-state index contributed by atoms with van der Waals surface area (Å²) in [6, 6.07) is 1.36. The van der Waals surface area contributed by atoms with Crippen LogP contribution in [0.5, 0.6) is 0 Å². The SMILES string of the molecule is C[C@H](NC(=O)[C@H](CC(=O)N1CCCC[C@@H]1C)NS(=O)(=O)CCC1CC1)C1NC(c2ccc(F)cc2F)C(C2CCCCCCC2)N1. The molecule has 2 heterocycles. The van der Waals surface area contributed by atoms with Gasteiger partial charge in [0.2, 0.25) is 21.8 Å². The first-order valence-corrected chi connectivity index (χ1v) is 19.2. The smallest absolute Gasteiger partial charge is 0.239 e. The predicted octanol–water partition coefficient (Wildman–Crippen LogP) is 4.64. The third-order valence-corrected chi connectivity index (χ3v) is 12.0. The summed E-state index contributed by atoms with van der Waals surface area (Å²) in [5.74, 6) is -1.45. The number of halogens is 2. The quantitative estimate of drug-likeness (QED) is 0.259. The number of likely N-dealkylation sites (tertiary alicyclic amines) is 1. The van der Waals surface area contributed by atoms with Crippen LogP contribution in [0.4, 0.5) is 8.78 Å². The van der Waals surface area contributed by atoms with Gasteiger partial charge in [0.1, 0.15) is 17.7 Å². The Bertz CT molecular complexity index is 1300. The van der Waals surface area contributed by atoms with E-state index in [-0.39, 0.29) is 36.1 Å². The van der Waals surface area contributed by atoms with Crippen LogP contribution < -0.4 is 20.7 Å². The van der Waals surface area contributed by atoms with Gasteiger partial charge in [0, 0.05) is 30.3 Å². The molecule has 2 aliphatic heterocycles. The molecule has 4 aliphatic rings. The Morgan fingerprint density at radius 3 is 2.35 bits per heavy atom. The van der Waals surface area contributed by atoms with Gasteiger partial charge in [-0.05, 0) is 70.3 Å². The van der Waals surface area contributed by atoms with Crippen LogP contribution >= 0.6 is 0 Å². The van der Waals surface area contributed by atoms with Crippen molar-refractivity contribution in [2.45, 2.75) is 140 Å². The van der Waals surface area contributed by atoms with E-state index in [0.717, 1.165) is 76.7 Å². The molecule has 1 aromatic carbocycles. The number of nitrogens with one attached hydrogen (secondary N) is 4. The molecular formula is C34H53F2N5O4S. The minimum Gasteiger partial charge on any atom is -0.349 e. The number of sulfonamides is 1. The van der Waals surface area contributed by atoms with Gasteiger partial charge in [0.25, 0.3) is 0 Å². The van der Waals surface area contributed by atoms with Gasteiger partial charge in [-0.1, -0.05) is 51.0 Å². The zero-order chi connectivity index (χ0) is 32.8. The maximum Gasteiger partial charge on any atom is 0.239 e. The highest BCUT2D eigenvalue weighted by Crippen LogP contribution is 2.36. The van der Waals surface area contributed by atoms with Crippen LogP contribution in [-0.4, -0.2) is 67.8 Å². The summed E-state index contributed by atoms with van der Waals surface area (Å²) in [6.07, 6.45) is 12.4. The first kappa shape index (κ1) is 35.2. The molecule has 0 radical (unpaired) electrons. The van der Waals surface area contributed by atoms with Crippen LogP contribution in [0.2, 0.25) is 0 Å². The van der Waals surface area contributed by atoms with Gasteiger partial charge in [-0.15, -0.1) is 0 Å². The van der Waals surface area contributed by atoms with E-state index in [1.165, 1.54) is 18.6 Å². The van der Waals surface area contributed by atoms with Crippen molar-refractivity contribution in [2.75, 3.05) is 12.3 Å². The lowest BCUT2D eigenvalue weighted by Crippen LogP contribution is -2.57. The molecule has 258 valence electrons. The lowest BCUT2D eigenvalue weighted by molar-refractivity contribution is -0.137. The van der Waals surface area contributed by atoms with Crippen molar-refractivity contribution in [1.82, 2.24) is 25.6 Å². The Hall–Kier alpha value is -2.15. The Kier molecular flexibility index (Phi) is 12.1. The van der Waals surface area contributed by atoms with Crippen molar-refractivity contribution < 1.29 is 26.8 Å². The summed E-state index contributed by atoms with van der Waals surface area (Å²) >= 11 is 0. The summed E-state index contributed by atoms with van der Waals surface area (Å²) < 4.78 is 57.7. The molecule has 2 saturated heterocycles. The van der Waals surface area contributed by atoms with E-state index < -0.39 is 51.9 Å². The number of carbonyl (C=O) groups is 2. The van der Waals surface area contributed by atoms with E-state index in [4.69, 9.17) is 0 Å². The van der Waals surface area contributed by atoms with Gasteiger partial charge < -0.3 is 10.2 Å². The predicted molar refractivity (Wildman–Crippen MR) is 174 cm³/mol. The van der Waals surface area contributed by atoms with E-state index in [9.17, 15) is 22.4 Å². The second kappa shape index (κ2) is 15.8. The van der Waals surface area contributed by atoms with Crippen molar-refractivity contribution in [1.29, 1.82) is 0 Å². The fourth-order valence-corrected chi connectivity index (χ4v) is 8.98. The molecule has 0 bridgehead atoms. The van der Waals surface area contributed by atoms with E-state index in [0.29, 0.717) is 24.4 Å². The Morgan fingerprint density at radius 1 is 0.978 bits per heavy atom. The molecule has 0 aromatic heterocycles. The summed E-state index contributed by atoms with van der Waals surface area (Å²) in [6.45, 7) is 4.39. The van der Waals surface area contributed by atoms with Crippen molar-refractivity contribution in [3.05, 3.63) is 35.4 Å². The zero-order valence-corrected chi connectivity index (χ0v) is 28.2. The van der Waals surface area contributed by atoms with Gasteiger partial charge in [-0.25, -0.2) is 21.9 Å². The number of piperidine rings is 1. The second-order valence-electron chi connectivity index (χ2n) is 14.2. The molecule has 5 rings (SSSR count). The maximum atomic E-state index is 15.1. The molecule has 46 heavy (non-hydrogen) atoms. The normalized spacial score (nSPS) is 27.9. The monoisotopic (exact) mass is 665 g/mol. The van der Waals surface area contributed by atoms with Gasteiger partial charge in [-0.2, -0.15) is 0 Å². The molecule has 6 atom stereocenters. The second-order valence-corrected chi connectivity index (χ2v) is 16.1. The highest BCUT2D eigenvalue weighted by molar-refractivity contribution is 7.89. The molecule has 3 unspecified atom stereocenters. The number of benzene rings is 1. The number of rotatable bonds is 12. The molecule has 2 aliphatic carbocycles. The average Bonchev–Trinajstić information content (AvgIpc) is 3.73. The molecule has 1 aromatic rings. The maximum absolute atomic E-state index is 15.1. The Morgan fingerprint density at radius 2 is 1.67 bits per heavy atom. The molecule has 12 heteroatoms. The topological polar surface area (TPSA) is 120 Å². The first-order valence-electron chi connectivity index (χ1n) is 17.6. The number of hydrogen-bond donors (Lipinski definition) is 4. The third-order valence-electron chi connectivity index (χ3n) is 10.5. The number of hydrogen-bond acceptors (Lipinski definition) is 6. The van der Waals surface area contributed by atoms with Crippen LogP contribution in [0.3, 0.4) is 0 Å². The Labute approximate surface area is 273 Å². The number of carbonyl (C=O) groups excluding carboxylic acids is 2. The molecule has 9 nitrogen and oxygen atoms in total. The van der Waals surface area contributed by atoms with E-state index in [1.807, 2.05) is 13.8 Å². The van der Waals surface area contributed by atoms with Crippen molar-refractivity contribution in [3.8, 4) is 0 Å². The van der Waals surface area contributed by atoms with Gasteiger partial charge >= 0.3 is 0 Å². The summed E-state index contributed by atoms with van der Waals surface area (Å²) in [5.41, 5.74) is 0.379. The van der Waals surface area contributed by atoms with Crippen LogP contribution in [0.25, 0.3) is 0 Å². The van der Waals surface area contributed by atoms with Gasteiger partial charge in [-0.3, -0.25) is 20.2 Å². The summed E-state index contributed by atoms with van der Waals surface area (Å²) in [5, 5.41) is 10.1. The van der Waals surface area contributed by atoms with Crippen molar-refractivity contribution in [3.63, 3.8) is 0 Å². The fraction of sp³-hybridized carbons (Fsp3) is 0.765. The lowest BCUT2D eigenvalue weighted by Gasteiger charge is -2.34.